The Morgan fingerprint density at radius 3 is 1.81 bits per heavy atom. The van der Waals surface area contributed by atoms with Crippen molar-refractivity contribution in [3.8, 4) is 0 Å². The van der Waals surface area contributed by atoms with Crippen molar-refractivity contribution >= 4 is 28.8 Å². The van der Waals surface area contributed by atoms with Crippen LogP contribution in [0.2, 0.25) is 0 Å². The highest BCUT2D eigenvalue weighted by Crippen LogP contribution is 2.02. The van der Waals surface area contributed by atoms with Crippen LogP contribution in [0.15, 0.2) is 0 Å². The van der Waals surface area contributed by atoms with E-state index in [2.05, 4.69) is 4.90 Å². The van der Waals surface area contributed by atoms with E-state index in [0.717, 1.165) is 18.7 Å². The Morgan fingerprint density at radius 1 is 1.12 bits per heavy atom. The zero-order valence-corrected chi connectivity index (χ0v) is 10.4. The monoisotopic (exact) mass is 251 g/mol. The molecule has 0 aromatic rings. The molecule has 0 bridgehead atoms. The second-order valence-corrected chi connectivity index (χ2v) is 4.38. The number of carboxylic acids is 2. The van der Waals surface area contributed by atoms with E-state index in [1.165, 1.54) is 11.8 Å². The van der Waals surface area contributed by atoms with Crippen molar-refractivity contribution in [2.24, 2.45) is 0 Å². The van der Waals surface area contributed by atoms with Gasteiger partial charge >= 0.3 is 11.9 Å². The number of rotatable bonds is 4. The molecular formula is C9H17NO5S. The first-order chi connectivity index (χ1) is 7.27. The Bertz CT molecular complexity index is 230. The Kier molecular flexibility index (Phi) is 11.3. The summed E-state index contributed by atoms with van der Waals surface area (Å²) in [5.41, 5.74) is 0. The topological polar surface area (TPSA) is 94.9 Å². The molecule has 0 saturated heterocycles. The van der Waals surface area contributed by atoms with Crippen LogP contribution in [0.1, 0.15) is 13.3 Å². The Labute approximate surface area is 98.6 Å². The van der Waals surface area contributed by atoms with Gasteiger partial charge in [0.25, 0.3) is 0 Å². The van der Waals surface area contributed by atoms with Crippen molar-refractivity contribution in [1.29, 1.82) is 0 Å². The lowest BCUT2D eigenvalue weighted by Gasteiger charge is -2.07. The van der Waals surface area contributed by atoms with Crippen LogP contribution in [-0.4, -0.2) is 58.6 Å². The second kappa shape index (κ2) is 10.4. The summed E-state index contributed by atoms with van der Waals surface area (Å²) in [6.45, 7) is 2.68. The predicted molar refractivity (Wildman–Crippen MR) is 61.6 cm³/mol. The van der Waals surface area contributed by atoms with Crippen LogP contribution < -0.4 is 0 Å². The van der Waals surface area contributed by atoms with Crippen molar-refractivity contribution in [1.82, 2.24) is 4.90 Å². The minimum atomic E-state index is -1.82. The Hall–Kier alpha value is -1.08. The van der Waals surface area contributed by atoms with Gasteiger partial charge in [0.15, 0.2) is 5.12 Å². The van der Waals surface area contributed by atoms with Crippen molar-refractivity contribution in [2.45, 2.75) is 13.3 Å². The van der Waals surface area contributed by atoms with E-state index in [1.54, 1.807) is 6.92 Å². The van der Waals surface area contributed by atoms with Gasteiger partial charge in [0.2, 0.25) is 0 Å². The molecule has 0 rings (SSSR count). The highest BCUT2D eigenvalue weighted by molar-refractivity contribution is 8.13. The summed E-state index contributed by atoms with van der Waals surface area (Å²) in [7, 11) is 4.08. The van der Waals surface area contributed by atoms with Gasteiger partial charge in [-0.1, -0.05) is 11.8 Å². The third kappa shape index (κ3) is 18.7. The number of carbonyl (C=O) groups excluding carboxylic acids is 1. The van der Waals surface area contributed by atoms with Gasteiger partial charge in [-0.2, -0.15) is 0 Å². The van der Waals surface area contributed by atoms with Crippen molar-refractivity contribution in [2.75, 3.05) is 26.4 Å². The third-order valence-corrected chi connectivity index (χ3v) is 2.14. The number of thioether (sulfide) groups is 1. The molecule has 0 amide bonds. The molecule has 0 saturated carbocycles. The molecule has 0 aromatic carbocycles. The minimum Gasteiger partial charge on any atom is -0.473 e. The standard InChI is InChI=1S/C7H15NOS.C2H2O4/c1-7(9)10-6-4-5-8(2)3;3-1(4)2(5)6/h4-6H2,1-3H3;(H,3,4)(H,5,6). The zero-order chi connectivity index (χ0) is 13.1. The average Bonchev–Trinajstić information content (AvgIpc) is 2.12. The highest BCUT2D eigenvalue weighted by Gasteiger charge is 2.04. The summed E-state index contributed by atoms with van der Waals surface area (Å²) in [6, 6.07) is 0. The summed E-state index contributed by atoms with van der Waals surface area (Å²) in [6.07, 6.45) is 1.09. The van der Waals surface area contributed by atoms with Gasteiger partial charge in [-0.25, -0.2) is 9.59 Å². The molecule has 6 nitrogen and oxygen atoms in total. The van der Waals surface area contributed by atoms with Gasteiger partial charge in [-0.15, -0.1) is 0 Å². The van der Waals surface area contributed by atoms with Gasteiger partial charge in [0.1, 0.15) is 0 Å². The molecular weight excluding hydrogens is 234 g/mol. The van der Waals surface area contributed by atoms with Gasteiger partial charge in [-0.05, 0) is 27.1 Å². The van der Waals surface area contributed by atoms with E-state index in [9.17, 15) is 4.79 Å². The van der Waals surface area contributed by atoms with E-state index in [4.69, 9.17) is 19.8 Å². The summed E-state index contributed by atoms with van der Waals surface area (Å²) >= 11 is 1.41. The van der Waals surface area contributed by atoms with Crippen molar-refractivity contribution in [3.63, 3.8) is 0 Å². The molecule has 0 fully saturated rings. The predicted octanol–water partition coefficient (Wildman–Crippen LogP) is 0.373. The molecule has 94 valence electrons. The number of aliphatic carboxylic acids is 2. The molecule has 0 unspecified atom stereocenters. The van der Waals surface area contributed by atoms with E-state index < -0.39 is 11.9 Å². The summed E-state index contributed by atoms with van der Waals surface area (Å²) < 4.78 is 0. The summed E-state index contributed by atoms with van der Waals surface area (Å²) in [5, 5.41) is 15.0. The third-order valence-electron chi connectivity index (χ3n) is 1.24. The van der Waals surface area contributed by atoms with Crippen LogP contribution >= 0.6 is 11.8 Å². The minimum absolute atomic E-state index is 0.221. The lowest BCUT2D eigenvalue weighted by molar-refractivity contribution is -0.159. The van der Waals surface area contributed by atoms with Crippen LogP contribution in [0.3, 0.4) is 0 Å². The number of carbonyl (C=O) groups is 3. The molecule has 0 aliphatic heterocycles. The molecule has 0 aliphatic carbocycles. The second-order valence-electron chi connectivity index (χ2n) is 3.11. The molecule has 0 aromatic heterocycles. The van der Waals surface area contributed by atoms with Crippen molar-refractivity contribution in [3.05, 3.63) is 0 Å². The number of carboxylic acid groups (broad SMARTS) is 2. The molecule has 7 heteroatoms. The maximum atomic E-state index is 10.4. The van der Waals surface area contributed by atoms with Gasteiger partial charge in [-0.3, -0.25) is 4.79 Å². The first-order valence-electron chi connectivity index (χ1n) is 4.51. The summed E-state index contributed by atoms with van der Waals surface area (Å²) in [5.74, 6) is -2.70. The first kappa shape index (κ1) is 17.3. The van der Waals surface area contributed by atoms with Gasteiger partial charge in [0, 0.05) is 12.7 Å². The quantitative estimate of drug-likeness (QED) is 0.550. The normalized spacial score (nSPS) is 9.25. The lowest BCUT2D eigenvalue weighted by Crippen LogP contribution is -2.13. The smallest absolute Gasteiger partial charge is 0.414 e. The Balaban J connectivity index is 0. The molecule has 0 atom stereocenters. The SMILES string of the molecule is CC(=O)SCCCN(C)C.O=C(O)C(=O)O. The highest BCUT2D eigenvalue weighted by atomic mass is 32.2. The molecule has 16 heavy (non-hydrogen) atoms. The van der Waals surface area contributed by atoms with E-state index in [1.807, 2.05) is 14.1 Å². The summed E-state index contributed by atoms with van der Waals surface area (Å²) in [4.78, 5) is 30.8. The molecule has 0 spiro atoms. The fourth-order valence-corrected chi connectivity index (χ4v) is 1.16. The fraction of sp³-hybridized carbons (Fsp3) is 0.667. The molecule has 0 radical (unpaired) electrons. The van der Waals surface area contributed by atoms with E-state index in [-0.39, 0.29) is 5.12 Å². The maximum Gasteiger partial charge on any atom is 0.414 e. The zero-order valence-electron chi connectivity index (χ0n) is 9.60. The largest absolute Gasteiger partial charge is 0.473 e. The van der Waals surface area contributed by atoms with Crippen LogP contribution in [0.5, 0.6) is 0 Å². The number of nitrogens with zero attached hydrogens (tertiary/aromatic N) is 1. The lowest BCUT2D eigenvalue weighted by atomic mass is 10.5. The number of hydrogen-bond acceptors (Lipinski definition) is 5. The Morgan fingerprint density at radius 2 is 1.56 bits per heavy atom. The molecule has 0 heterocycles. The maximum absolute atomic E-state index is 10.4. The molecule has 0 aliphatic rings. The van der Waals surface area contributed by atoms with Crippen LogP contribution in [0.4, 0.5) is 0 Å². The van der Waals surface area contributed by atoms with Crippen LogP contribution in [0, 0.1) is 0 Å². The fourth-order valence-electron chi connectivity index (χ4n) is 0.597. The first-order valence-corrected chi connectivity index (χ1v) is 5.50. The van der Waals surface area contributed by atoms with Gasteiger partial charge in [0.05, 0.1) is 0 Å². The van der Waals surface area contributed by atoms with Gasteiger partial charge < -0.3 is 15.1 Å². The van der Waals surface area contributed by atoms with Crippen molar-refractivity contribution < 1.29 is 24.6 Å². The number of hydrogen-bond donors (Lipinski definition) is 2. The average molecular weight is 251 g/mol. The van der Waals surface area contributed by atoms with E-state index >= 15 is 0 Å². The van der Waals surface area contributed by atoms with Crippen LogP contribution in [0.25, 0.3) is 0 Å². The van der Waals surface area contributed by atoms with E-state index in [0.29, 0.717) is 0 Å². The molecule has 2 N–H and O–H groups in total. The van der Waals surface area contributed by atoms with Crippen LogP contribution in [-0.2, 0) is 14.4 Å².